The maximum Gasteiger partial charge on any atom is 0.0375 e. The van der Waals surface area contributed by atoms with Crippen LogP contribution in [0.5, 0.6) is 0 Å². The van der Waals surface area contributed by atoms with Gasteiger partial charge in [0.25, 0.3) is 0 Å². The maximum absolute atomic E-state index is 3.55. The minimum atomic E-state index is 0.826. The summed E-state index contributed by atoms with van der Waals surface area (Å²) >= 11 is 0. The van der Waals surface area contributed by atoms with Gasteiger partial charge in [0, 0.05) is 12.2 Å². The van der Waals surface area contributed by atoms with E-state index in [2.05, 4.69) is 29.6 Å². The molecule has 1 aromatic carbocycles. The number of para-hydroxylation sites is 1. The number of anilines is 1. The van der Waals surface area contributed by atoms with Crippen molar-refractivity contribution in [3.63, 3.8) is 0 Å². The molecule has 2 saturated carbocycles. The van der Waals surface area contributed by atoms with E-state index >= 15 is 0 Å². The largest absolute Gasteiger partial charge is 0.385 e. The molecule has 1 heteroatoms. The van der Waals surface area contributed by atoms with Crippen LogP contribution in [-0.4, -0.2) is 6.54 Å². The highest BCUT2D eigenvalue weighted by Crippen LogP contribution is 2.52. The van der Waals surface area contributed by atoms with Crippen molar-refractivity contribution in [3.8, 4) is 0 Å². The molecule has 2 aliphatic carbocycles. The molecule has 4 unspecified atom stereocenters. The van der Waals surface area contributed by atoms with Gasteiger partial charge in [0.2, 0.25) is 0 Å². The van der Waals surface area contributed by atoms with Gasteiger partial charge in [-0.1, -0.05) is 24.6 Å². The molecule has 1 aromatic rings. The summed E-state index contributed by atoms with van der Waals surface area (Å²) in [5, 5.41) is 3.55. The topological polar surface area (TPSA) is 12.0 Å². The third kappa shape index (κ3) is 1.75. The molecule has 1 heterocycles. The highest BCUT2D eigenvalue weighted by Gasteiger charge is 2.40. The fraction of sp³-hybridized carbons (Fsp3) is 0.647. The summed E-state index contributed by atoms with van der Waals surface area (Å²) < 4.78 is 0. The zero-order valence-corrected chi connectivity index (χ0v) is 11.1. The summed E-state index contributed by atoms with van der Waals surface area (Å²) in [7, 11) is 0. The standard InChI is InChI=1S/C17H23N/c1-2-4-17-16(3-1)14(7-8-18-17)11-15-10-12-5-6-13(15)9-12/h1-4,12-15,18H,5-11H2. The number of rotatable bonds is 2. The zero-order valence-electron chi connectivity index (χ0n) is 11.1. The molecule has 96 valence electrons. The van der Waals surface area contributed by atoms with E-state index in [9.17, 15) is 0 Å². The van der Waals surface area contributed by atoms with Crippen molar-refractivity contribution in [2.24, 2.45) is 17.8 Å². The van der Waals surface area contributed by atoms with Crippen LogP contribution in [0.15, 0.2) is 24.3 Å². The summed E-state index contributed by atoms with van der Waals surface area (Å²) in [6, 6.07) is 8.97. The minimum Gasteiger partial charge on any atom is -0.385 e. The molecule has 0 saturated heterocycles. The van der Waals surface area contributed by atoms with Gasteiger partial charge in [0.1, 0.15) is 0 Å². The van der Waals surface area contributed by atoms with Crippen molar-refractivity contribution in [1.29, 1.82) is 0 Å². The van der Waals surface area contributed by atoms with E-state index in [1.165, 1.54) is 44.3 Å². The second kappa shape index (κ2) is 4.29. The molecule has 0 spiro atoms. The maximum atomic E-state index is 3.55. The van der Waals surface area contributed by atoms with Gasteiger partial charge in [0.15, 0.2) is 0 Å². The lowest BCUT2D eigenvalue weighted by Crippen LogP contribution is -2.21. The molecular formula is C17H23N. The predicted octanol–water partition coefficient (Wildman–Crippen LogP) is 4.41. The van der Waals surface area contributed by atoms with Crippen LogP contribution in [0.25, 0.3) is 0 Å². The molecule has 4 atom stereocenters. The first-order chi connectivity index (χ1) is 8.90. The lowest BCUT2D eigenvalue weighted by molar-refractivity contribution is 0.290. The zero-order chi connectivity index (χ0) is 11.9. The fourth-order valence-electron chi connectivity index (χ4n) is 4.83. The SMILES string of the molecule is c1ccc2c(c1)NCCC2CC1CC2CCC1C2. The number of hydrogen-bond donors (Lipinski definition) is 1. The molecule has 3 aliphatic rings. The summed E-state index contributed by atoms with van der Waals surface area (Å²) in [6.45, 7) is 1.17. The molecule has 1 N–H and O–H groups in total. The first-order valence-electron chi connectivity index (χ1n) is 7.73. The number of fused-ring (bicyclic) bond motifs is 3. The molecular weight excluding hydrogens is 218 g/mol. The van der Waals surface area contributed by atoms with Gasteiger partial charge in [-0.15, -0.1) is 0 Å². The third-order valence-corrected chi connectivity index (χ3v) is 5.68. The van der Waals surface area contributed by atoms with Crippen LogP contribution in [0.1, 0.15) is 50.0 Å². The Morgan fingerprint density at radius 2 is 2.00 bits per heavy atom. The van der Waals surface area contributed by atoms with Gasteiger partial charge in [-0.25, -0.2) is 0 Å². The molecule has 0 radical (unpaired) electrons. The van der Waals surface area contributed by atoms with Gasteiger partial charge < -0.3 is 5.32 Å². The molecule has 18 heavy (non-hydrogen) atoms. The van der Waals surface area contributed by atoms with E-state index < -0.39 is 0 Å². The van der Waals surface area contributed by atoms with Gasteiger partial charge in [-0.2, -0.15) is 0 Å². The van der Waals surface area contributed by atoms with Crippen LogP contribution in [0.2, 0.25) is 0 Å². The van der Waals surface area contributed by atoms with Crippen LogP contribution in [0.3, 0.4) is 0 Å². The van der Waals surface area contributed by atoms with Gasteiger partial charge in [0.05, 0.1) is 0 Å². The predicted molar refractivity (Wildman–Crippen MR) is 75.8 cm³/mol. The smallest absolute Gasteiger partial charge is 0.0375 e. The van der Waals surface area contributed by atoms with E-state index in [1.54, 1.807) is 12.0 Å². The Morgan fingerprint density at radius 3 is 2.83 bits per heavy atom. The lowest BCUT2D eigenvalue weighted by Gasteiger charge is -2.31. The average Bonchev–Trinajstić information content (AvgIpc) is 3.01. The minimum absolute atomic E-state index is 0.826. The Bertz CT molecular complexity index is 439. The monoisotopic (exact) mass is 241 g/mol. The first-order valence-corrected chi connectivity index (χ1v) is 7.73. The van der Waals surface area contributed by atoms with Gasteiger partial charge in [-0.3, -0.25) is 0 Å². The normalized spacial score (nSPS) is 37.3. The van der Waals surface area contributed by atoms with Crippen LogP contribution >= 0.6 is 0 Å². The molecule has 2 fully saturated rings. The Kier molecular flexibility index (Phi) is 2.60. The van der Waals surface area contributed by atoms with Crippen molar-refractivity contribution in [2.75, 3.05) is 11.9 Å². The van der Waals surface area contributed by atoms with Crippen LogP contribution < -0.4 is 5.32 Å². The lowest BCUT2D eigenvalue weighted by atomic mass is 9.77. The molecule has 4 rings (SSSR count). The van der Waals surface area contributed by atoms with E-state index in [0.29, 0.717) is 0 Å². The van der Waals surface area contributed by atoms with Crippen molar-refractivity contribution < 1.29 is 0 Å². The highest BCUT2D eigenvalue weighted by molar-refractivity contribution is 5.54. The van der Waals surface area contributed by atoms with Crippen molar-refractivity contribution in [3.05, 3.63) is 29.8 Å². The van der Waals surface area contributed by atoms with Crippen LogP contribution in [0.4, 0.5) is 5.69 Å². The number of hydrogen-bond acceptors (Lipinski definition) is 1. The highest BCUT2D eigenvalue weighted by atomic mass is 14.9. The van der Waals surface area contributed by atoms with Gasteiger partial charge >= 0.3 is 0 Å². The third-order valence-electron chi connectivity index (χ3n) is 5.68. The summed E-state index contributed by atoms with van der Waals surface area (Å²) in [5.41, 5.74) is 2.99. The molecule has 2 bridgehead atoms. The summed E-state index contributed by atoms with van der Waals surface area (Å²) in [5.74, 6) is 4.04. The Balaban J connectivity index is 1.53. The number of benzene rings is 1. The average molecular weight is 241 g/mol. The molecule has 1 nitrogen and oxygen atoms in total. The summed E-state index contributed by atoms with van der Waals surface area (Å²) in [4.78, 5) is 0. The Labute approximate surface area is 110 Å². The van der Waals surface area contributed by atoms with E-state index in [-0.39, 0.29) is 0 Å². The Hall–Kier alpha value is -0.980. The second-order valence-electron chi connectivity index (χ2n) is 6.67. The molecule has 1 aliphatic heterocycles. The Morgan fingerprint density at radius 1 is 1.06 bits per heavy atom. The number of nitrogens with one attached hydrogen (secondary N) is 1. The van der Waals surface area contributed by atoms with Crippen molar-refractivity contribution >= 4 is 5.69 Å². The van der Waals surface area contributed by atoms with Crippen LogP contribution in [0, 0.1) is 17.8 Å². The van der Waals surface area contributed by atoms with Crippen molar-refractivity contribution in [2.45, 2.75) is 44.4 Å². The summed E-state index contributed by atoms with van der Waals surface area (Å²) in [6.07, 6.45) is 8.95. The second-order valence-corrected chi connectivity index (χ2v) is 6.67. The van der Waals surface area contributed by atoms with E-state index in [1.807, 2.05) is 0 Å². The quantitative estimate of drug-likeness (QED) is 0.808. The van der Waals surface area contributed by atoms with Crippen LogP contribution in [-0.2, 0) is 0 Å². The molecule has 0 amide bonds. The van der Waals surface area contributed by atoms with E-state index in [4.69, 9.17) is 0 Å². The first kappa shape index (κ1) is 10.9. The van der Waals surface area contributed by atoms with Crippen molar-refractivity contribution in [1.82, 2.24) is 0 Å². The fourth-order valence-corrected chi connectivity index (χ4v) is 4.83. The molecule has 0 aromatic heterocycles. The van der Waals surface area contributed by atoms with E-state index in [0.717, 1.165) is 23.7 Å². The van der Waals surface area contributed by atoms with Gasteiger partial charge in [-0.05, 0) is 67.4 Å².